The van der Waals surface area contributed by atoms with Gasteiger partial charge in [0.25, 0.3) is 0 Å². The van der Waals surface area contributed by atoms with E-state index in [9.17, 15) is 17.3 Å². The Morgan fingerprint density at radius 3 is 1.33 bits per heavy atom. The smallest absolute Gasteiger partial charge is 0.418 e. The average molecular weight is 314 g/mol. The summed E-state index contributed by atoms with van der Waals surface area (Å²) in [6.07, 6.45) is 2.79. The standard InChI is InChI=1S/C15H15S.BF4/c1-3-7-13(8-4-1)16(15-11-12-15)14-9-5-2-6-10-14;2-1(3,4)5/h1-10,15H,11-12H2;/q+1;-1. The first-order chi connectivity index (χ1) is 9.95. The number of rotatable bonds is 3. The van der Waals surface area contributed by atoms with Gasteiger partial charge in [-0.3, -0.25) is 0 Å². The maximum absolute atomic E-state index is 9.75. The van der Waals surface area contributed by atoms with Crippen LogP contribution in [0.25, 0.3) is 0 Å². The first-order valence-electron chi connectivity index (χ1n) is 6.65. The van der Waals surface area contributed by atoms with Gasteiger partial charge in [-0.15, -0.1) is 0 Å². The van der Waals surface area contributed by atoms with Crippen LogP contribution < -0.4 is 0 Å². The van der Waals surface area contributed by atoms with E-state index in [0.717, 1.165) is 5.25 Å². The Balaban J connectivity index is 0.000000282. The van der Waals surface area contributed by atoms with Crippen LogP contribution in [0, 0.1) is 0 Å². The Hall–Kier alpha value is -1.43. The van der Waals surface area contributed by atoms with E-state index in [0.29, 0.717) is 10.9 Å². The molecule has 1 aliphatic carbocycles. The largest absolute Gasteiger partial charge is 0.673 e. The highest BCUT2D eigenvalue weighted by atomic mass is 32.2. The van der Waals surface area contributed by atoms with E-state index in [1.54, 1.807) is 0 Å². The van der Waals surface area contributed by atoms with Gasteiger partial charge in [0.05, 0.1) is 10.9 Å². The second-order valence-corrected chi connectivity index (χ2v) is 6.94. The predicted octanol–water partition coefficient (Wildman–Crippen LogP) is 5.19. The number of hydrogen-bond donors (Lipinski definition) is 0. The molecule has 0 spiro atoms. The third kappa shape index (κ3) is 5.83. The van der Waals surface area contributed by atoms with Crippen molar-refractivity contribution in [2.24, 2.45) is 0 Å². The molecule has 0 aliphatic heterocycles. The third-order valence-electron chi connectivity index (χ3n) is 2.85. The molecule has 3 rings (SSSR count). The van der Waals surface area contributed by atoms with Crippen molar-refractivity contribution < 1.29 is 17.3 Å². The van der Waals surface area contributed by atoms with Crippen molar-refractivity contribution in [3.63, 3.8) is 0 Å². The van der Waals surface area contributed by atoms with Crippen LogP contribution in [0.3, 0.4) is 0 Å². The molecular formula is C15H15BF4S. The van der Waals surface area contributed by atoms with E-state index >= 15 is 0 Å². The lowest BCUT2D eigenvalue weighted by molar-refractivity contribution is 0.368. The Morgan fingerprint density at radius 2 is 1.05 bits per heavy atom. The number of halogens is 4. The molecule has 6 heteroatoms. The zero-order valence-electron chi connectivity index (χ0n) is 11.3. The monoisotopic (exact) mass is 314 g/mol. The van der Waals surface area contributed by atoms with E-state index in [4.69, 9.17) is 0 Å². The van der Waals surface area contributed by atoms with Gasteiger partial charge >= 0.3 is 7.25 Å². The van der Waals surface area contributed by atoms with Crippen molar-refractivity contribution >= 4 is 18.1 Å². The highest BCUT2D eigenvalue weighted by molar-refractivity contribution is 7.97. The van der Waals surface area contributed by atoms with Crippen molar-refractivity contribution in [2.45, 2.75) is 27.9 Å². The van der Waals surface area contributed by atoms with E-state index < -0.39 is 7.25 Å². The topological polar surface area (TPSA) is 0 Å². The maximum atomic E-state index is 9.75. The minimum absolute atomic E-state index is 0.308. The Bertz CT molecular complexity index is 495. The molecule has 112 valence electrons. The lowest BCUT2D eigenvalue weighted by atomic mass is 10.3. The molecule has 1 saturated carbocycles. The molecule has 1 fully saturated rings. The molecule has 0 bridgehead atoms. The lowest BCUT2D eigenvalue weighted by Crippen LogP contribution is -2.08. The van der Waals surface area contributed by atoms with Crippen molar-refractivity contribution in [3.8, 4) is 0 Å². The summed E-state index contributed by atoms with van der Waals surface area (Å²) in [5.74, 6) is 0. The van der Waals surface area contributed by atoms with Gasteiger partial charge in [-0.05, 0) is 24.3 Å². The van der Waals surface area contributed by atoms with Crippen LogP contribution in [-0.4, -0.2) is 12.5 Å². The normalized spacial score (nSPS) is 14.5. The van der Waals surface area contributed by atoms with Crippen LogP contribution in [-0.2, 0) is 10.9 Å². The quantitative estimate of drug-likeness (QED) is 0.416. The lowest BCUT2D eigenvalue weighted by Gasteiger charge is -2.06. The van der Waals surface area contributed by atoms with Crippen LogP contribution in [0.15, 0.2) is 70.5 Å². The van der Waals surface area contributed by atoms with Gasteiger partial charge < -0.3 is 17.3 Å². The van der Waals surface area contributed by atoms with Gasteiger partial charge in [-0.2, -0.15) is 0 Å². The van der Waals surface area contributed by atoms with Crippen LogP contribution in [0.4, 0.5) is 17.3 Å². The van der Waals surface area contributed by atoms with Gasteiger partial charge in [-0.25, -0.2) is 0 Å². The van der Waals surface area contributed by atoms with Gasteiger partial charge in [-0.1, -0.05) is 36.4 Å². The van der Waals surface area contributed by atoms with Crippen molar-refractivity contribution in [3.05, 3.63) is 60.7 Å². The summed E-state index contributed by atoms with van der Waals surface area (Å²) in [4.78, 5) is 2.99. The number of benzene rings is 2. The molecule has 0 radical (unpaired) electrons. The summed E-state index contributed by atoms with van der Waals surface area (Å²) in [7, 11) is -5.69. The van der Waals surface area contributed by atoms with Crippen LogP contribution >= 0.6 is 0 Å². The van der Waals surface area contributed by atoms with Gasteiger partial charge in [0.1, 0.15) is 5.25 Å². The fourth-order valence-corrected chi connectivity index (χ4v) is 4.51. The van der Waals surface area contributed by atoms with Crippen LogP contribution in [0.2, 0.25) is 0 Å². The molecule has 0 amide bonds. The summed E-state index contributed by atoms with van der Waals surface area (Å²) in [6, 6.07) is 21.9. The molecular weight excluding hydrogens is 299 g/mol. The Morgan fingerprint density at radius 1 is 0.714 bits per heavy atom. The predicted molar refractivity (Wildman–Crippen MR) is 80.0 cm³/mol. The molecule has 0 unspecified atom stereocenters. The molecule has 0 heterocycles. The van der Waals surface area contributed by atoms with Gasteiger partial charge in [0.15, 0.2) is 9.79 Å². The van der Waals surface area contributed by atoms with E-state index in [2.05, 4.69) is 60.7 Å². The molecule has 2 aromatic carbocycles. The third-order valence-corrected chi connectivity index (χ3v) is 5.55. The van der Waals surface area contributed by atoms with E-state index in [1.165, 1.54) is 22.6 Å². The van der Waals surface area contributed by atoms with Crippen molar-refractivity contribution in [1.82, 2.24) is 0 Å². The van der Waals surface area contributed by atoms with Gasteiger partial charge in [0.2, 0.25) is 0 Å². The highest BCUT2D eigenvalue weighted by Gasteiger charge is 2.43. The first kappa shape index (κ1) is 16.0. The van der Waals surface area contributed by atoms with E-state index in [-0.39, 0.29) is 0 Å². The minimum atomic E-state index is -6.00. The van der Waals surface area contributed by atoms with Crippen molar-refractivity contribution in [2.75, 3.05) is 0 Å². The minimum Gasteiger partial charge on any atom is -0.418 e. The highest BCUT2D eigenvalue weighted by Crippen LogP contribution is 2.39. The van der Waals surface area contributed by atoms with Crippen LogP contribution in [0.5, 0.6) is 0 Å². The second-order valence-electron chi connectivity index (χ2n) is 4.66. The zero-order valence-corrected chi connectivity index (χ0v) is 12.1. The molecule has 1 aliphatic rings. The summed E-state index contributed by atoms with van der Waals surface area (Å²) in [6.45, 7) is 0. The summed E-state index contributed by atoms with van der Waals surface area (Å²) in [5.41, 5.74) is 0. The summed E-state index contributed by atoms with van der Waals surface area (Å²) >= 11 is 0. The fraction of sp³-hybridized carbons (Fsp3) is 0.200. The SMILES string of the molecule is F[B-](F)(F)F.c1ccc([S+](c2ccccc2)C2CC2)cc1. The molecule has 0 aromatic heterocycles. The average Bonchev–Trinajstić information content (AvgIpc) is 3.24. The Kier molecular flexibility index (Phi) is 5.34. The van der Waals surface area contributed by atoms with Crippen molar-refractivity contribution in [1.29, 1.82) is 0 Å². The zero-order chi connectivity index (χ0) is 15.3. The van der Waals surface area contributed by atoms with Gasteiger partial charge in [0, 0.05) is 12.8 Å². The molecule has 21 heavy (non-hydrogen) atoms. The van der Waals surface area contributed by atoms with Crippen LogP contribution in [0.1, 0.15) is 12.8 Å². The Labute approximate surface area is 124 Å². The molecule has 0 nitrogen and oxygen atoms in total. The molecule has 0 N–H and O–H groups in total. The second kappa shape index (κ2) is 7.03. The van der Waals surface area contributed by atoms with E-state index in [1.807, 2.05) is 0 Å². The molecule has 0 saturated heterocycles. The maximum Gasteiger partial charge on any atom is 0.673 e. The first-order valence-corrected chi connectivity index (χ1v) is 7.94. The summed E-state index contributed by atoms with van der Waals surface area (Å²) < 4.78 is 39.0. The summed E-state index contributed by atoms with van der Waals surface area (Å²) in [5, 5.41) is 0.893. The molecule has 0 atom stereocenters. The fourth-order valence-electron chi connectivity index (χ4n) is 1.96. The molecule has 2 aromatic rings. The number of hydrogen-bond acceptors (Lipinski definition) is 0.